The average Bonchev–Trinajstić information content (AvgIpc) is 3.64. The molecule has 1 aliphatic carbocycles. The molecule has 1 aliphatic heterocycles. The van der Waals surface area contributed by atoms with E-state index in [9.17, 15) is 9.59 Å². The Bertz CT molecular complexity index is 1630. The quantitative estimate of drug-likeness (QED) is 0.231. The number of hydrogen-bond acceptors (Lipinski definition) is 9. The Hall–Kier alpha value is -3.25. The van der Waals surface area contributed by atoms with Crippen LogP contribution < -0.4 is 16.0 Å². The van der Waals surface area contributed by atoms with Crippen LogP contribution in [0.15, 0.2) is 50.7 Å². The fourth-order valence-electron chi connectivity index (χ4n) is 5.91. The van der Waals surface area contributed by atoms with Crippen LogP contribution in [0.4, 0.5) is 0 Å². The summed E-state index contributed by atoms with van der Waals surface area (Å²) in [5, 5.41) is 0.510. The number of aromatic nitrogens is 3. The van der Waals surface area contributed by atoms with E-state index in [0.29, 0.717) is 54.5 Å². The first-order valence-electron chi connectivity index (χ1n) is 14.7. The smallest absolute Gasteiger partial charge is 0.332 e. The van der Waals surface area contributed by atoms with Crippen molar-refractivity contribution >= 4 is 21.6 Å². The normalized spacial score (nSPS) is 20.1. The van der Waals surface area contributed by atoms with Crippen LogP contribution in [0.5, 0.6) is 5.75 Å². The second-order valence-corrected chi connectivity index (χ2v) is 11.9. The molecule has 10 nitrogen and oxygen atoms in total. The van der Waals surface area contributed by atoms with Crippen LogP contribution in [-0.4, -0.2) is 53.3 Å². The molecule has 3 aromatic heterocycles. The van der Waals surface area contributed by atoms with Crippen LogP contribution in [-0.2, 0) is 20.8 Å². The fraction of sp³-hybridized carbons (Fsp3) is 0.516. The SMILES string of the molecule is CCCOC1CC(n2c(=O)c3c(C)c(-c4ncco4)sc3n(CC(OC3CCOCC3)c3ccccc3OC)c2=O)C1. The second-order valence-electron chi connectivity index (χ2n) is 10.9. The van der Waals surface area contributed by atoms with Crippen molar-refractivity contribution in [1.82, 2.24) is 14.1 Å². The van der Waals surface area contributed by atoms with Crippen molar-refractivity contribution in [2.75, 3.05) is 26.9 Å². The highest BCUT2D eigenvalue weighted by atomic mass is 32.1. The van der Waals surface area contributed by atoms with E-state index in [2.05, 4.69) is 11.9 Å². The van der Waals surface area contributed by atoms with Gasteiger partial charge in [0.15, 0.2) is 0 Å². The lowest BCUT2D eigenvalue weighted by Gasteiger charge is -2.36. The van der Waals surface area contributed by atoms with Gasteiger partial charge >= 0.3 is 5.69 Å². The van der Waals surface area contributed by atoms with Gasteiger partial charge in [0.2, 0.25) is 5.89 Å². The predicted molar refractivity (Wildman–Crippen MR) is 160 cm³/mol. The number of rotatable bonds is 11. The zero-order chi connectivity index (χ0) is 29.2. The average molecular weight is 596 g/mol. The molecular weight excluding hydrogens is 558 g/mol. The van der Waals surface area contributed by atoms with Gasteiger partial charge in [-0.3, -0.25) is 13.9 Å². The van der Waals surface area contributed by atoms with E-state index >= 15 is 0 Å². The van der Waals surface area contributed by atoms with E-state index in [1.807, 2.05) is 31.2 Å². The number of benzene rings is 1. The minimum atomic E-state index is -0.495. The van der Waals surface area contributed by atoms with Gasteiger partial charge in [-0.05, 0) is 50.7 Å². The summed E-state index contributed by atoms with van der Waals surface area (Å²) in [5.41, 5.74) is 0.975. The zero-order valence-corrected chi connectivity index (χ0v) is 25.1. The summed E-state index contributed by atoms with van der Waals surface area (Å²) in [4.78, 5) is 34.0. The Morgan fingerprint density at radius 3 is 2.64 bits per heavy atom. The van der Waals surface area contributed by atoms with Crippen LogP contribution in [0.3, 0.4) is 0 Å². The van der Waals surface area contributed by atoms with Gasteiger partial charge in [-0.2, -0.15) is 0 Å². The Kier molecular flexibility index (Phi) is 8.62. The van der Waals surface area contributed by atoms with E-state index in [0.717, 1.165) is 35.3 Å². The lowest BCUT2D eigenvalue weighted by molar-refractivity contribution is -0.0755. The molecule has 1 unspecified atom stereocenters. The third kappa shape index (κ3) is 5.46. The third-order valence-electron chi connectivity index (χ3n) is 8.22. The van der Waals surface area contributed by atoms with Crippen LogP contribution in [0.25, 0.3) is 21.0 Å². The second kappa shape index (κ2) is 12.5. The standard InChI is InChI=1S/C31H37N3O7S/c1-4-12-39-22-16-20(17-22)34-29(35)26-19(2)27(28-32-11-15-40-28)42-30(26)33(31(34)36)18-25(41-21-9-13-38-14-10-21)23-7-5-6-8-24(23)37-3/h5-8,11,15,20-22,25H,4,9-10,12-14,16-18H2,1-3H3. The van der Waals surface area contributed by atoms with Crippen LogP contribution in [0.2, 0.25) is 0 Å². The molecule has 2 aliphatic rings. The first kappa shape index (κ1) is 28.9. The molecule has 0 amide bonds. The Balaban J connectivity index is 1.48. The van der Waals surface area contributed by atoms with Gasteiger partial charge in [0, 0.05) is 31.4 Å². The monoisotopic (exact) mass is 595 g/mol. The van der Waals surface area contributed by atoms with E-state index < -0.39 is 6.10 Å². The summed E-state index contributed by atoms with van der Waals surface area (Å²) in [6.45, 7) is 6.10. The number of para-hydroxylation sites is 1. The molecule has 1 saturated heterocycles. The Labute approximate surface area is 247 Å². The maximum absolute atomic E-state index is 14.3. The maximum atomic E-state index is 14.3. The number of hydrogen-bond donors (Lipinski definition) is 0. The highest BCUT2D eigenvalue weighted by Gasteiger charge is 2.36. The third-order valence-corrected chi connectivity index (χ3v) is 9.52. The Morgan fingerprint density at radius 1 is 1.14 bits per heavy atom. The zero-order valence-electron chi connectivity index (χ0n) is 24.2. The summed E-state index contributed by atoms with van der Waals surface area (Å²) in [5.74, 6) is 1.11. The van der Waals surface area contributed by atoms with Gasteiger partial charge in [-0.15, -0.1) is 11.3 Å². The molecule has 1 saturated carbocycles. The number of methoxy groups -OCH3 is 1. The number of thiophene rings is 1. The lowest BCUT2D eigenvalue weighted by atomic mass is 9.89. The largest absolute Gasteiger partial charge is 0.496 e. The molecule has 0 N–H and O–H groups in total. The maximum Gasteiger partial charge on any atom is 0.332 e. The topological polar surface area (TPSA) is 107 Å². The van der Waals surface area contributed by atoms with Gasteiger partial charge in [0.1, 0.15) is 22.9 Å². The minimum absolute atomic E-state index is 0.0261. The summed E-state index contributed by atoms with van der Waals surface area (Å²) < 4.78 is 32.6. The Morgan fingerprint density at radius 2 is 1.93 bits per heavy atom. The van der Waals surface area contributed by atoms with Gasteiger partial charge < -0.3 is 23.4 Å². The number of ether oxygens (including phenoxy) is 4. The lowest BCUT2D eigenvalue weighted by Crippen LogP contribution is -2.48. The van der Waals surface area contributed by atoms with Crippen molar-refractivity contribution in [2.24, 2.45) is 0 Å². The van der Waals surface area contributed by atoms with E-state index in [1.165, 1.54) is 22.2 Å². The molecule has 1 atom stereocenters. The molecule has 6 rings (SSSR count). The molecule has 2 fully saturated rings. The van der Waals surface area contributed by atoms with Crippen molar-refractivity contribution < 1.29 is 23.4 Å². The minimum Gasteiger partial charge on any atom is -0.496 e. The molecule has 1 aromatic carbocycles. The van der Waals surface area contributed by atoms with Gasteiger partial charge in [-0.1, -0.05) is 25.1 Å². The number of aryl methyl sites for hydroxylation is 1. The summed E-state index contributed by atoms with van der Waals surface area (Å²) in [6, 6.07) is 7.50. The molecule has 0 bridgehead atoms. The summed E-state index contributed by atoms with van der Waals surface area (Å²) >= 11 is 1.35. The first-order chi connectivity index (χ1) is 20.5. The predicted octanol–water partition coefficient (Wildman–Crippen LogP) is 5.26. The first-order valence-corrected chi connectivity index (χ1v) is 15.5. The molecule has 0 spiro atoms. The molecule has 224 valence electrons. The van der Waals surface area contributed by atoms with Crippen LogP contribution in [0.1, 0.15) is 62.3 Å². The fourth-order valence-corrected chi connectivity index (χ4v) is 7.16. The highest BCUT2D eigenvalue weighted by molar-refractivity contribution is 7.22. The van der Waals surface area contributed by atoms with Gasteiger partial charge in [-0.25, -0.2) is 9.78 Å². The van der Waals surface area contributed by atoms with Crippen molar-refractivity contribution in [3.63, 3.8) is 0 Å². The number of fused-ring (bicyclic) bond motifs is 1. The molecular formula is C31H37N3O7S. The number of oxazole rings is 1. The number of nitrogens with zero attached hydrogens (tertiary/aromatic N) is 3. The van der Waals surface area contributed by atoms with E-state index in [-0.39, 0.29) is 36.0 Å². The van der Waals surface area contributed by atoms with Crippen molar-refractivity contribution in [2.45, 2.75) is 76.9 Å². The molecule has 42 heavy (non-hydrogen) atoms. The molecule has 4 aromatic rings. The summed E-state index contributed by atoms with van der Waals surface area (Å²) in [6.07, 6.45) is 6.34. The van der Waals surface area contributed by atoms with Gasteiger partial charge in [0.05, 0.1) is 42.3 Å². The highest BCUT2D eigenvalue weighted by Crippen LogP contribution is 2.39. The van der Waals surface area contributed by atoms with Crippen LogP contribution >= 0.6 is 11.3 Å². The van der Waals surface area contributed by atoms with E-state index in [1.54, 1.807) is 17.9 Å². The van der Waals surface area contributed by atoms with Crippen molar-refractivity contribution in [1.29, 1.82) is 0 Å². The molecule has 11 heteroatoms. The van der Waals surface area contributed by atoms with E-state index in [4.69, 9.17) is 23.4 Å². The van der Waals surface area contributed by atoms with Crippen molar-refractivity contribution in [3.8, 4) is 16.5 Å². The van der Waals surface area contributed by atoms with Crippen molar-refractivity contribution in [3.05, 3.63) is 68.7 Å². The molecule has 0 radical (unpaired) electrons. The molecule has 4 heterocycles. The van der Waals surface area contributed by atoms with Crippen LogP contribution in [0, 0.1) is 6.92 Å². The van der Waals surface area contributed by atoms with Gasteiger partial charge in [0.25, 0.3) is 5.56 Å². The summed E-state index contributed by atoms with van der Waals surface area (Å²) in [7, 11) is 1.63.